The summed E-state index contributed by atoms with van der Waals surface area (Å²) in [5.41, 5.74) is 0.945. The van der Waals surface area contributed by atoms with Crippen molar-refractivity contribution in [3.05, 3.63) is 42.0 Å². The molecule has 5 nitrogen and oxygen atoms in total. The molecule has 0 fully saturated rings. The van der Waals surface area contributed by atoms with E-state index in [2.05, 4.69) is 10.1 Å². The van der Waals surface area contributed by atoms with Crippen molar-refractivity contribution in [3.63, 3.8) is 0 Å². The molecule has 0 saturated carbocycles. The highest BCUT2D eigenvalue weighted by atomic mass is 16.4. The Bertz CT molecular complexity index is 561. The van der Waals surface area contributed by atoms with Gasteiger partial charge >= 0.3 is 5.97 Å². The molecule has 1 heterocycles. The van der Waals surface area contributed by atoms with Crippen LogP contribution in [0.4, 0.5) is 0 Å². The Hall–Kier alpha value is -2.17. The second-order valence-corrected chi connectivity index (χ2v) is 4.68. The standard InChI is InChI=1S/C14H17N3O2/c1-10(2)14-15-12(8-9-13(18)19)16-17(14)11-6-4-3-5-7-11/h3-7,10H,8-9H2,1-2H3,(H,18,19). The first-order chi connectivity index (χ1) is 9.08. The Labute approximate surface area is 111 Å². The molecular formula is C14H17N3O2. The van der Waals surface area contributed by atoms with Crippen molar-refractivity contribution in [1.82, 2.24) is 14.8 Å². The van der Waals surface area contributed by atoms with Gasteiger partial charge in [0.05, 0.1) is 12.1 Å². The third-order valence-corrected chi connectivity index (χ3v) is 2.76. The first-order valence-electron chi connectivity index (χ1n) is 6.31. The lowest BCUT2D eigenvalue weighted by atomic mass is 10.2. The van der Waals surface area contributed by atoms with Crippen molar-refractivity contribution >= 4 is 5.97 Å². The summed E-state index contributed by atoms with van der Waals surface area (Å²) in [7, 11) is 0. The van der Waals surface area contributed by atoms with Crippen LogP contribution in [0.2, 0.25) is 0 Å². The molecule has 0 amide bonds. The third-order valence-electron chi connectivity index (χ3n) is 2.76. The molecule has 0 bridgehead atoms. The van der Waals surface area contributed by atoms with Crippen molar-refractivity contribution in [2.75, 3.05) is 0 Å². The first kappa shape index (κ1) is 13.3. The normalized spacial score (nSPS) is 10.9. The van der Waals surface area contributed by atoms with E-state index in [-0.39, 0.29) is 12.3 Å². The number of aromatic nitrogens is 3. The van der Waals surface area contributed by atoms with Crippen molar-refractivity contribution < 1.29 is 9.90 Å². The van der Waals surface area contributed by atoms with Crippen LogP contribution in [-0.4, -0.2) is 25.8 Å². The fourth-order valence-corrected chi connectivity index (χ4v) is 1.83. The van der Waals surface area contributed by atoms with E-state index in [9.17, 15) is 4.79 Å². The predicted molar refractivity (Wildman–Crippen MR) is 71.4 cm³/mol. The number of carboxylic acid groups (broad SMARTS) is 1. The number of benzene rings is 1. The van der Waals surface area contributed by atoms with Crippen LogP contribution < -0.4 is 0 Å². The number of hydrogen-bond acceptors (Lipinski definition) is 3. The molecule has 0 aliphatic heterocycles. The van der Waals surface area contributed by atoms with E-state index in [0.717, 1.165) is 11.5 Å². The van der Waals surface area contributed by atoms with E-state index in [4.69, 9.17) is 5.11 Å². The molecule has 0 radical (unpaired) electrons. The summed E-state index contributed by atoms with van der Waals surface area (Å²) in [6.07, 6.45) is 0.408. The molecule has 1 aromatic heterocycles. The second-order valence-electron chi connectivity index (χ2n) is 4.68. The van der Waals surface area contributed by atoms with Gasteiger partial charge in [0, 0.05) is 12.3 Å². The maximum absolute atomic E-state index is 10.6. The highest BCUT2D eigenvalue weighted by molar-refractivity contribution is 5.66. The maximum atomic E-state index is 10.6. The summed E-state index contributed by atoms with van der Waals surface area (Å²) >= 11 is 0. The summed E-state index contributed by atoms with van der Waals surface area (Å²) in [5, 5.41) is 13.1. The van der Waals surface area contributed by atoms with Gasteiger partial charge in [-0.2, -0.15) is 5.10 Å². The summed E-state index contributed by atoms with van der Waals surface area (Å²) in [4.78, 5) is 15.1. The van der Waals surface area contributed by atoms with E-state index in [1.807, 2.05) is 44.2 Å². The number of carbonyl (C=O) groups is 1. The van der Waals surface area contributed by atoms with Gasteiger partial charge in [-0.25, -0.2) is 9.67 Å². The molecule has 0 saturated heterocycles. The largest absolute Gasteiger partial charge is 0.481 e. The molecule has 5 heteroatoms. The number of carboxylic acids is 1. The van der Waals surface area contributed by atoms with Gasteiger partial charge in [0.25, 0.3) is 0 Å². The van der Waals surface area contributed by atoms with Crippen molar-refractivity contribution in [3.8, 4) is 5.69 Å². The van der Waals surface area contributed by atoms with E-state index >= 15 is 0 Å². The van der Waals surface area contributed by atoms with Crippen LogP contribution >= 0.6 is 0 Å². The average molecular weight is 259 g/mol. The van der Waals surface area contributed by atoms with Gasteiger partial charge in [0.15, 0.2) is 5.82 Å². The number of hydrogen-bond donors (Lipinski definition) is 1. The van der Waals surface area contributed by atoms with E-state index < -0.39 is 5.97 Å². The lowest BCUT2D eigenvalue weighted by molar-refractivity contribution is -0.137. The molecular weight excluding hydrogens is 242 g/mol. The molecule has 100 valence electrons. The third kappa shape index (κ3) is 3.19. The van der Waals surface area contributed by atoms with Crippen LogP contribution in [0.25, 0.3) is 5.69 Å². The monoisotopic (exact) mass is 259 g/mol. The number of aryl methyl sites for hydroxylation is 1. The fourth-order valence-electron chi connectivity index (χ4n) is 1.83. The Morgan fingerprint density at radius 1 is 1.32 bits per heavy atom. The van der Waals surface area contributed by atoms with Crippen molar-refractivity contribution in [1.29, 1.82) is 0 Å². The summed E-state index contributed by atoms with van der Waals surface area (Å²) in [5.74, 6) is 0.829. The zero-order valence-corrected chi connectivity index (χ0v) is 11.1. The van der Waals surface area contributed by atoms with Crippen LogP contribution in [-0.2, 0) is 11.2 Å². The zero-order chi connectivity index (χ0) is 13.8. The van der Waals surface area contributed by atoms with Gasteiger partial charge < -0.3 is 5.11 Å². The van der Waals surface area contributed by atoms with Crippen LogP contribution in [0, 0.1) is 0 Å². The minimum absolute atomic E-state index is 0.0519. The predicted octanol–water partition coefficient (Wildman–Crippen LogP) is 2.41. The molecule has 0 unspecified atom stereocenters. The van der Waals surface area contributed by atoms with Crippen LogP contribution in [0.5, 0.6) is 0 Å². The minimum atomic E-state index is -0.831. The Morgan fingerprint density at radius 3 is 2.58 bits per heavy atom. The lowest BCUT2D eigenvalue weighted by Crippen LogP contribution is -2.04. The van der Waals surface area contributed by atoms with Gasteiger partial charge in [-0.3, -0.25) is 4.79 Å². The van der Waals surface area contributed by atoms with Crippen LogP contribution in [0.3, 0.4) is 0 Å². The van der Waals surface area contributed by atoms with E-state index in [0.29, 0.717) is 12.2 Å². The Balaban J connectivity index is 2.34. The van der Waals surface area contributed by atoms with Gasteiger partial charge in [0.1, 0.15) is 5.82 Å². The van der Waals surface area contributed by atoms with Crippen molar-refractivity contribution in [2.24, 2.45) is 0 Å². The van der Waals surface area contributed by atoms with Gasteiger partial charge in [0.2, 0.25) is 0 Å². The molecule has 0 spiro atoms. The quantitative estimate of drug-likeness (QED) is 0.895. The van der Waals surface area contributed by atoms with Crippen LogP contribution in [0.1, 0.15) is 37.8 Å². The second kappa shape index (κ2) is 5.65. The molecule has 1 aromatic carbocycles. The summed E-state index contributed by atoms with van der Waals surface area (Å²) < 4.78 is 1.79. The number of para-hydroxylation sites is 1. The smallest absolute Gasteiger partial charge is 0.303 e. The van der Waals surface area contributed by atoms with Gasteiger partial charge in [-0.1, -0.05) is 32.0 Å². The molecule has 19 heavy (non-hydrogen) atoms. The maximum Gasteiger partial charge on any atom is 0.303 e. The molecule has 2 aromatic rings. The number of nitrogens with zero attached hydrogens (tertiary/aromatic N) is 3. The first-order valence-corrected chi connectivity index (χ1v) is 6.31. The summed E-state index contributed by atoms with van der Waals surface area (Å²) in [6.45, 7) is 4.09. The van der Waals surface area contributed by atoms with E-state index in [1.165, 1.54) is 0 Å². The summed E-state index contributed by atoms with van der Waals surface area (Å²) in [6, 6.07) is 9.75. The van der Waals surface area contributed by atoms with Gasteiger partial charge in [-0.05, 0) is 12.1 Å². The van der Waals surface area contributed by atoms with Gasteiger partial charge in [-0.15, -0.1) is 0 Å². The molecule has 0 aliphatic carbocycles. The van der Waals surface area contributed by atoms with E-state index in [1.54, 1.807) is 4.68 Å². The SMILES string of the molecule is CC(C)c1nc(CCC(=O)O)nn1-c1ccccc1. The topological polar surface area (TPSA) is 68.0 Å². The zero-order valence-electron chi connectivity index (χ0n) is 11.1. The highest BCUT2D eigenvalue weighted by Crippen LogP contribution is 2.17. The average Bonchev–Trinajstić information content (AvgIpc) is 2.82. The Kier molecular flexibility index (Phi) is 3.94. The molecule has 0 aliphatic rings. The number of aliphatic carboxylic acids is 1. The number of rotatable bonds is 5. The Morgan fingerprint density at radius 2 is 2.00 bits per heavy atom. The molecule has 2 rings (SSSR count). The highest BCUT2D eigenvalue weighted by Gasteiger charge is 2.14. The molecule has 1 N–H and O–H groups in total. The molecule has 0 atom stereocenters. The lowest BCUT2D eigenvalue weighted by Gasteiger charge is -2.07. The fraction of sp³-hybridized carbons (Fsp3) is 0.357. The minimum Gasteiger partial charge on any atom is -0.481 e. The van der Waals surface area contributed by atoms with Crippen LogP contribution in [0.15, 0.2) is 30.3 Å². The van der Waals surface area contributed by atoms with Crippen molar-refractivity contribution in [2.45, 2.75) is 32.6 Å².